The molecule has 5 heteroatoms. The van der Waals surface area contributed by atoms with Crippen LogP contribution >= 0.6 is 0 Å². The first-order valence-corrected chi connectivity index (χ1v) is 10.4. The molecule has 1 fully saturated rings. The Hall–Kier alpha value is -1.13. The van der Waals surface area contributed by atoms with Crippen molar-refractivity contribution >= 4 is 29.3 Å². The van der Waals surface area contributed by atoms with E-state index in [-0.39, 0.29) is 27.0 Å². The second-order valence-corrected chi connectivity index (χ2v) is 11.0. The number of hydrogen-bond acceptors (Lipinski definition) is 3. The Labute approximate surface area is 137 Å². The fourth-order valence-electron chi connectivity index (χ4n) is 2.46. The van der Waals surface area contributed by atoms with E-state index < -0.39 is 13.7 Å². The molecule has 1 aliphatic heterocycles. The van der Waals surface area contributed by atoms with Gasteiger partial charge in [0.15, 0.2) is 0 Å². The van der Waals surface area contributed by atoms with Gasteiger partial charge >= 0.3 is 138 Å². The minimum atomic E-state index is -3.51. The Morgan fingerprint density at radius 2 is 1.55 bits per heavy atom. The third kappa shape index (κ3) is 2.63. The summed E-state index contributed by atoms with van der Waals surface area (Å²) in [4.78, 5) is 0.343. The standard InChI is InChI=1S/C17H18O3SSe/c1-13(2)16-17(20-16,22-15-11-7-4-8-12-15)21(18,19)14-9-5-3-6-10-14/h3-13,16H,1-2H3/t16-,17+/m1/s1. The van der Waals surface area contributed by atoms with Crippen molar-refractivity contribution in [2.24, 2.45) is 5.92 Å². The first-order valence-electron chi connectivity index (χ1n) is 7.19. The van der Waals surface area contributed by atoms with Crippen LogP contribution in [0.2, 0.25) is 0 Å². The van der Waals surface area contributed by atoms with Gasteiger partial charge in [-0.15, -0.1) is 0 Å². The summed E-state index contributed by atoms with van der Waals surface area (Å²) in [7, 11) is -3.51. The molecule has 116 valence electrons. The first-order chi connectivity index (χ1) is 10.5. The van der Waals surface area contributed by atoms with E-state index in [0.29, 0.717) is 4.90 Å². The maximum absolute atomic E-state index is 13.1. The molecule has 0 unspecified atom stereocenters. The van der Waals surface area contributed by atoms with Gasteiger partial charge in [0, 0.05) is 0 Å². The van der Waals surface area contributed by atoms with E-state index in [0.717, 1.165) is 4.46 Å². The summed E-state index contributed by atoms with van der Waals surface area (Å²) in [5, 5.41) is 0. The van der Waals surface area contributed by atoms with Crippen LogP contribution in [0.5, 0.6) is 0 Å². The van der Waals surface area contributed by atoms with Crippen LogP contribution in [0.15, 0.2) is 65.6 Å². The van der Waals surface area contributed by atoms with Gasteiger partial charge in [-0.25, -0.2) is 0 Å². The summed E-state index contributed by atoms with van der Waals surface area (Å²) in [6, 6.07) is 18.4. The molecule has 0 radical (unpaired) electrons. The van der Waals surface area contributed by atoms with Gasteiger partial charge in [0.2, 0.25) is 0 Å². The van der Waals surface area contributed by atoms with Crippen molar-refractivity contribution in [3.05, 3.63) is 60.7 Å². The van der Waals surface area contributed by atoms with Gasteiger partial charge in [-0.1, -0.05) is 0 Å². The predicted octanol–water partition coefficient (Wildman–Crippen LogP) is 2.20. The summed E-state index contributed by atoms with van der Waals surface area (Å²) in [6.45, 7) is 4.02. The van der Waals surface area contributed by atoms with E-state index in [4.69, 9.17) is 4.74 Å². The number of sulfone groups is 1. The first kappa shape index (κ1) is 15.8. The van der Waals surface area contributed by atoms with E-state index in [1.165, 1.54) is 0 Å². The van der Waals surface area contributed by atoms with Gasteiger partial charge in [-0.2, -0.15) is 0 Å². The monoisotopic (exact) mass is 382 g/mol. The summed E-state index contributed by atoms with van der Waals surface area (Å²) in [5.41, 5.74) is 0. The zero-order valence-electron chi connectivity index (χ0n) is 12.5. The number of hydrogen-bond donors (Lipinski definition) is 0. The van der Waals surface area contributed by atoms with Crippen molar-refractivity contribution in [3.8, 4) is 0 Å². The average Bonchev–Trinajstić information content (AvgIpc) is 3.26. The molecular weight excluding hydrogens is 363 g/mol. The van der Waals surface area contributed by atoms with Gasteiger partial charge in [0.25, 0.3) is 0 Å². The molecule has 1 aliphatic rings. The summed E-state index contributed by atoms with van der Waals surface area (Å²) in [5.74, 6) is 0.170. The van der Waals surface area contributed by atoms with Gasteiger partial charge in [0.05, 0.1) is 0 Å². The van der Waals surface area contributed by atoms with Crippen LogP contribution in [-0.2, 0) is 14.6 Å². The van der Waals surface area contributed by atoms with E-state index >= 15 is 0 Å². The Morgan fingerprint density at radius 3 is 2.05 bits per heavy atom. The molecule has 2 aromatic carbocycles. The molecule has 1 saturated heterocycles. The molecule has 0 N–H and O–H groups in total. The Morgan fingerprint density at radius 1 is 1.00 bits per heavy atom. The second-order valence-electron chi connectivity index (χ2n) is 5.62. The number of ether oxygens (including phenoxy) is 1. The van der Waals surface area contributed by atoms with Crippen LogP contribution in [-0.4, -0.2) is 33.3 Å². The van der Waals surface area contributed by atoms with Crippen molar-refractivity contribution in [3.63, 3.8) is 0 Å². The van der Waals surface area contributed by atoms with E-state index in [1.807, 2.05) is 50.2 Å². The maximum atomic E-state index is 13.1. The molecule has 0 spiro atoms. The average molecular weight is 381 g/mol. The molecular formula is C17H18O3SSe. The Kier molecular flexibility index (Phi) is 4.17. The molecule has 0 saturated carbocycles. The van der Waals surface area contributed by atoms with Crippen LogP contribution in [0.3, 0.4) is 0 Å². The minimum absolute atomic E-state index is 0.170. The molecule has 0 bridgehead atoms. The van der Waals surface area contributed by atoms with Crippen molar-refractivity contribution in [1.29, 1.82) is 0 Å². The zero-order chi connectivity index (χ0) is 15.8. The third-order valence-corrected chi connectivity index (χ3v) is 9.76. The summed E-state index contributed by atoms with van der Waals surface area (Å²) in [6.07, 6.45) is -0.238. The van der Waals surface area contributed by atoms with Gasteiger partial charge in [0.1, 0.15) is 0 Å². The van der Waals surface area contributed by atoms with Gasteiger partial charge in [-0.05, 0) is 0 Å². The van der Waals surface area contributed by atoms with Crippen LogP contribution in [0.4, 0.5) is 0 Å². The molecule has 1 heterocycles. The van der Waals surface area contributed by atoms with Crippen LogP contribution < -0.4 is 4.46 Å². The third-order valence-electron chi connectivity index (χ3n) is 3.62. The molecule has 22 heavy (non-hydrogen) atoms. The molecule has 0 aromatic heterocycles. The van der Waals surface area contributed by atoms with Crippen molar-refractivity contribution in [2.45, 2.75) is 28.7 Å². The Bertz CT molecular complexity index is 744. The molecule has 3 rings (SSSR count). The van der Waals surface area contributed by atoms with E-state index in [9.17, 15) is 8.42 Å². The summed E-state index contributed by atoms with van der Waals surface area (Å²) >= 11 is -0.294. The predicted molar refractivity (Wildman–Crippen MR) is 87.9 cm³/mol. The second kappa shape index (κ2) is 5.82. The van der Waals surface area contributed by atoms with Crippen LogP contribution in [0.1, 0.15) is 13.8 Å². The quantitative estimate of drug-likeness (QED) is 0.589. The van der Waals surface area contributed by atoms with Gasteiger partial charge in [-0.3, -0.25) is 0 Å². The number of epoxide rings is 1. The van der Waals surface area contributed by atoms with E-state index in [1.54, 1.807) is 24.3 Å². The fraction of sp³-hybridized carbons (Fsp3) is 0.294. The Balaban J connectivity index is 2.01. The number of benzene rings is 2. The van der Waals surface area contributed by atoms with Crippen molar-refractivity contribution in [2.75, 3.05) is 0 Å². The molecule has 3 nitrogen and oxygen atoms in total. The topological polar surface area (TPSA) is 46.7 Å². The SMILES string of the molecule is CC(C)[C@H]1O[C@]1([Se]c1ccccc1)S(=O)(=O)c1ccccc1. The number of rotatable bonds is 5. The molecule has 0 aliphatic carbocycles. The van der Waals surface area contributed by atoms with Gasteiger partial charge < -0.3 is 0 Å². The van der Waals surface area contributed by atoms with E-state index in [2.05, 4.69) is 0 Å². The molecule has 2 atom stereocenters. The zero-order valence-corrected chi connectivity index (χ0v) is 15.0. The molecule has 2 aromatic rings. The fourth-order valence-corrected chi connectivity index (χ4v) is 8.45. The van der Waals surface area contributed by atoms with Crippen molar-refractivity contribution in [1.82, 2.24) is 0 Å². The normalized spacial score (nSPS) is 24.4. The van der Waals surface area contributed by atoms with Crippen LogP contribution in [0.25, 0.3) is 0 Å². The molecule has 0 amide bonds. The van der Waals surface area contributed by atoms with Crippen LogP contribution in [0, 0.1) is 5.92 Å². The van der Waals surface area contributed by atoms with Crippen molar-refractivity contribution < 1.29 is 13.2 Å². The summed E-state index contributed by atoms with van der Waals surface area (Å²) < 4.78 is 32.0.